The summed E-state index contributed by atoms with van der Waals surface area (Å²) in [7, 11) is -3.84. The van der Waals surface area contributed by atoms with Crippen LogP contribution < -0.4 is 0 Å². The number of halogens is 3. The molecule has 0 unspecified atom stereocenters. The molecule has 3 aromatic rings. The molecular formula is C19H18F3N3O3S. The van der Waals surface area contributed by atoms with Crippen LogP contribution in [-0.4, -0.2) is 48.8 Å². The number of benzene rings is 2. The Balaban J connectivity index is 1.40. The molecule has 0 saturated carbocycles. The van der Waals surface area contributed by atoms with Gasteiger partial charge in [-0.1, -0.05) is 12.1 Å². The van der Waals surface area contributed by atoms with Gasteiger partial charge in [0.05, 0.1) is 17.0 Å². The molecule has 154 valence electrons. The van der Waals surface area contributed by atoms with Gasteiger partial charge in [-0.2, -0.15) is 17.5 Å². The first-order chi connectivity index (χ1) is 13.7. The fraction of sp³-hybridized carbons (Fsp3) is 0.316. The number of oxazole rings is 1. The van der Waals surface area contributed by atoms with Crippen molar-refractivity contribution < 1.29 is 26.0 Å². The van der Waals surface area contributed by atoms with Crippen LogP contribution in [0.25, 0.3) is 11.1 Å². The van der Waals surface area contributed by atoms with Gasteiger partial charge in [-0.15, -0.1) is 0 Å². The second-order valence-corrected chi connectivity index (χ2v) is 8.72. The number of rotatable bonds is 4. The predicted octanol–water partition coefficient (Wildman–Crippen LogP) is 3.35. The highest BCUT2D eigenvalue weighted by molar-refractivity contribution is 7.89. The van der Waals surface area contributed by atoms with E-state index in [1.54, 1.807) is 0 Å². The Labute approximate surface area is 165 Å². The van der Waals surface area contributed by atoms with E-state index in [1.165, 1.54) is 4.31 Å². The van der Waals surface area contributed by atoms with Gasteiger partial charge in [0, 0.05) is 26.2 Å². The fourth-order valence-corrected chi connectivity index (χ4v) is 4.69. The zero-order valence-corrected chi connectivity index (χ0v) is 16.1. The highest BCUT2D eigenvalue weighted by atomic mass is 32.2. The van der Waals surface area contributed by atoms with Crippen LogP contribution >= 0.6 is 0 Å². The first-order valence-corrected chi connectivity index (χ1v) is 10.4. The Morgan fingerprint density at radius 3 is 2.24 bits per heavy atom. The van der Waals surface area contributed by atoms with Crippen LogP contribution in [0.3, 0.4) is 0 Å². The molecule has 0 radical (unpaired) electrons. The molecule has 0 aliphatic carbocycles. The molecule has 0 spiro atoms. The van der Waals surface area contributed by atoms with Crippen LogP contribution in [-0.2, 0) is 22.7 Å². The zero-order valence-electron chi connectivity index (χ0n) is 15.3. The van der Waals surface area contributed by atoms with Gasteiger partial charge in [0.1, 0.15) is 5.52 Å². The minimum absolute atomic E-state index is 0.141. The third kappa shape index (κ3) is 4.14. The summed E-state index contributed by atoms with van der Waals surface area (Å²) in [5.74, 6) is 0.560. The maximum absolute atomic E-state index is 12.7. The Kier molecular flexibility index (Phi) is 5.09. The number of nitrogens with zero attached hydrogens (tertiary/aromatic N) is 3. The van der Waals surface area contributed by atoms with E-state index in [2.05, 4.69) is 4.98 Å². The lowest BCUT2D eigenvalue weighted by atomic mass is 10.2. The van der Waals surface area contributed by atoms with Crippen LogP contribution in [0.5, 0.6) is 0 Å². The quantitative estimate of drug-likeness (QED) is 0.641. The summed E-state index contributed by atoms with van der Waals surface area (Å²) >= 11 is 0. The van der Waals surface area contributed by atoms with Gasteiger partial charge < -0.3 is 4.42 Å². The van der Waals surface area contributed by atoms with E-state index in [0.717, 1.165) is 29.8 Å². The van der Waals surface area contributed by atoms with Crippen molar-refractivity contribution in [2.24, 2.45) is 0 Å². The maximum Gasteiger partial charge on any atom is 0.416 e. The van der Waals surface area contributed by atoms with Gasteiger partial charge in [0.2, 0.25) is 15.9 Å². The van der Waals surface area contributed by atoms with E-state index in [4.69, 9.17) is 4.42 Å². The lowest BCUT2D eigenvalue weighted by Gasteiger charge is -2.33. The first kappa shape index (κ1) is 19.9. The Bertz CT molecular complexity index is 1070. The normalized spacial score (nSPS) is 17.1. The zero-order chi connectivity index (χ0) is 20.6. The first-order valence-electron chi connectivity index (χ1n) is 8.98. The summed E-state index contributed by atoms with van der Waals surface area (Å²) in [6.07, 6.45) is -4.50. The largest absolute Gasteiger partial charge is 0.439 e. The van der Waals surface area contributed by atoms with Crippen LogP contribution in [0.1, 0.15) is 11.5 Å². The molecule has 1 aliphatic rings. The van der Waals surface area contributed by atoms with Gasteiger partial charge in [-0.3, -0.25) is 4.90 Å². The summed E-state index contributed by atoms with van der Waals surface area (Å²) < 4.78 is 70.5. The van der Waals surface area contributed by atoms with E-state index in [-0.39, 0.29) is 18.0 Å². The summed E-state index contributed by atoms with van der Waals surface area (Å²) in [4.78, 5) is 6.31. The molecule has 1 saturated heterocycles. The Hall–Kier alpha value is -2.43. The van der Waals surface area contributed by atoms with E-state index in [9.17, 15) is 21.6 Å². The van der Waals surface area contributed by atoms with Crippen molar-refractivity contribution in [3.05, 3.63) is 60.0 Å². The molecule has 1 aliphatic heterocycles. The molecule has 0 N–H and O–H groups in total. The van der Waals surface area contributed by atoms with Gasteiger partial charge >= 0.3 is 6.18 Å². The minimum atomic E-state index is -4.50. The standard InChI is InChI=1S/C19H18F3N3O3S/c20-19(21,22)14-5-7-15(8-6-14)29(26,27)25-11-9-24(10-12-25)13-18-23-16-3-1-2-4-17(16)28-18/h1-8H,9-13H2. The average molecular weight is 425 g/mol. The molecule has 1 fully saturated rings. The van der Waals surface area contributed by atoms with Gasteiger partial charge in [-0.05, 0) is 36.4 Å². The topological polar surface area (TPSA) is 66.7 Å². The van der Waals surface area contributed by atoms with E-state index < -0.39 is 21.8 Å². The second kappa shape index (κ2) is 7.43. The third-order valence-electron chi connectivity index (χ3n) is 4.85. The van der Waals surface area contributed by atoms with E-state index >= 15 is 0 Å². The van der Waals surface area contributed by atoms with E-state index in [1.807, 2.05) is 29.2 Å². The smallest absolute Gasteiger partial charge is 0.416 e. The second-order valence-electron chi connectivity index (χ2n) is 6.78. The highest BCUT2D eigenvalue weighted by Gasteiger charge is 2.32. The molecule has 2 aromatic carbocycles. The van der Waals surface area contributed by atoms with Crippen LogP contribution in [0.15, 0.2) is 57.8 Å². The lowest BCUT2D eigenvalue weighted by molar-refractivity contribution is -0.137. The number of aromatic nitrogens is 1. The SMILES string of the molecule is O=S(=O)(c1ccc(C(F)(F)F)cc1)N1CCN(Cc2nc3ccccc3o2)CC1. The molecule has 0 amide bonds. The number of hydrogen-bond acceptors (Lipinski definition) is 5. The van der Waals surface area contributed by atoms with Crippen molar-refractivity contribution in [3.63, 3.8) is 0 Å². The average Bonchev–Trinajstić information content (AvgIpc) is 3.10. The molecule has 1 aromatic heterocycles. The van der Waals surface area contributed by atoms with Gasteiger partial charge in [0.15, 0.2) is 5.58 Å². The molecule has 4 rings (SSSR count). The van der Waals surface area contributed by atoms with Crippen LogP contribution in [0, 0.1) is 0 Å². The fourth-order valence-electron chi connectivity index (χ4n) is 3.27. The summed E-state index contributed by atoms with van der Waals surface area (Å²) in [6, 6.07) is 11.0. The number of para-hydroxylation sites is 2. The van der Waals surface area contributed by atoms with Crippen molar-refractivity contribution in [2.45, 2.75) is 17.6 Å². The van der Waals surface area contributed by atoms with E-state index in [0.29, 0.717) is 31.1 Å². The van der Waals surface area contributed by atoms with Crippen LogP contribution in [0.2, 0.25) is 0 Å². The Morgan fingerprint density at radius 2 is 1.62 bits per heavy atom. The highest BCUT2D eigenvalue weighted by Crippen LogP contribution is 2.30. The summed E-state index contributed by atoms with van der Waals surface area (Å²) in [5.41, 5.74) is 0.594. The minimum Gasteiger partial charge on any atom is -0.439 e. The maximum atomic E-state index is 12.7. The molecule has 0 bridgehead atoms. The summed E-state index contributed by atoms with van der Waals surface area (Å²) in [5, 5.41) is 0. The number of fused-ring (bicyclic) bond motifs is 1. The molecule has 0 atom stereocenters. The molecule has 2 heterocycles. The van der Waals surface area contributed by atoms with Crippen molar-refractivity contribution in [1.82, 2.24) is 14.2 Å². The lowest BCUT2D eigenvalue weighted by Crippen LogP contribution is -2.48. The van der Waals surface area contributed by atoms with Gasteiger partial charge in [0.25, 0.3) is 0 Å². The molecular weight excluding hydrogens is 407 g/mol. The molecule has 10 heteroatoms. The number of alkyl halides is 3. The number of hydrogen-bond donors (Lipinski definition) is 0. The summed E-state index contributed by atoms with van der Waals surface area (Å²) in [6.45, 7) is 1.88. The van der Waals surface area contributed by atoms with Crippen molar-refractivity contribution in [3.8, 4) is 0 Å². The van der Waals surface area contributed by atoms with Gasteiger partial charge in [-0.25, -0.2) is 13.4 Å². The van der Waals surface area contributed by atoms with Crippen molar-refractivity contribution in [2.75, 3.05) is 26.2 Å². The number of piperazine rings is 1. The predicted molar refractivity (Wildman–Crippen MR) is 99.5 cm³/mol. The number of sulfonamides is 1. The molecule has 29 heavy (non-hydrogen) atoms. The molecule has 6 nitrogen and oxygen atoms in total. The van der Waals surface area contributed by atoms with Crippen molar-refractivity contribution in [1.29, 1.82) is 0 Å². The van der Waals surface area contributed by atoms with Crippen molar-refractivity contribution >= 4 is 21.1 Å². The van der Waals surface area contributed by atoms with Crippen LogP contribution in [0.4, 0.5) is 13.2 Å². The third-order valence-corrected chi connectivity index (χ3v) is 6.76. The monoisotopic (exact) mass is 425 g/mol. The Morgan fingerprint density at radius 1 is 0.966 bits per heavy atom.